The van der Waals surface area contributed by atoms with Crippen molar-refractivity contribution in [2.24, 2.45) is 0 Å². The first kappa shape index (κ1) is 24.3. The fraction of sp³-hybridized carbons (Fsp3) is 0.333. The van der Waals surface area contributed by atoms with E-state index in [9.17, 15) is 4.79 Å². The average molecular weight is 471 g/mol. The molecule has 0 radical (unpaired) electrons. The number of halogens is 1. The molecule has 0 atom stereocenters. The van der Waals surface area contributed by atoms with Crippen LogP contribution in [-0.2, 0) is 9.53 Å². The Kier molecular flexibility index (Phi) is 8.43. The van der Waals surface area contributed by atoms with Crippen LogP contribution in [0.4, 0.5) is 5.69 Å². The minimum atomic E-state index is -0.199. The van der Waals surface area contributed by atoms with Crippen molar-refractivity contribution in [2.75, 3.05) is 18.5 Å². The molecule has 8 nitrogen and oxygen atoms in total. The molecule has 2 heterocycles. The van der Waals surface area contributed by atoms with E-state index < -0.39 is 0 Å². The molecule has 0 amide bonds. The predicted molar refractivity (Wildman–Crippen MR) is 128 cm³/mol. The molecule has 0 fully saturated rings. The topological polar surface area (TPSA) is 99.4 Å². The number of aromatic nitrogens is 3. The highest BCUT2D eigenvalue weighted by Crippen LogP contribution is 2.32. The Bertz CT molecular complexity index is 1110. The monoisotopic (exact) mass is 470 g/mol. The zero-order chi connectivity index (χ0) is 23.8. The lowest BCUT2D eigenvalue weighted by molar-refractivity contribution is -0.143. The molecule has 1 N–H and O–H groups in total. The normalized spacial score (nSPS) is 10.8. The Morgan fingerprint density at radius 1 is 1.36 bits per heavy atom. The summed E-state index contributed by atoms with van der Waals surface area (Å²) in [6.45, 7) is 10.5. The molecule has 0 spiro atoms. The van der Waals surface area contributed by atoms with Gasteiger partial charge in [-0.15, -0.1) is 0 Å². The maximum atomic E-state index is 11.5. The molecule has 33 heavy (non-hydrogen) atoms. The molecule has 174 valence electrons. The quantitative estimate of drug-likeness (QED) is 0.284. The van der Waals surface area contributed by atoms with Crippen molar-refractivity contribution >= 4 is 29.3 Å². The Morgan fingerprint density at radius 3 is 2.88 bits per heavy atom. The van der Waals surface area contributed by atoms with Gasteiger partial charge in [-0.05, 0) is 39.3 Å². The van der Waals surface area contributed by atoms with Crippen LogP contribution >= 0.6 is 11.6 Å². The molecule has 0 aliphatic carbocycles. The molecular weight excluding hydrogens is 444 g/mol. The van der Waals surface area contributed by atoms with Gasteiger partial charge < -0.3 is 19.3 Å². The second kappa shape index (κ2) is 11.5. The van der Waals surface area contributed by atoms with Crippen LogP contribution in [0.2, 0.25) is 5.02 Å². The average Bonchev–Trinajstić information content (AvgIpc) is 3.28. The van der Waals surface area contributed by atoms with Crippen molar-refractivity contribution in [1.82, 2.24) is 15.1 Å². The van der Waals surface area contributed by atoms with Crippen molar-refractivity contribution in [1.29, 1.82) is 0 Å². The van der Waals surface area contributed by atoms with Gasteiger partial charge in [-0.25, -0.2) is 4.98 Å². The fourth-order valence-corrected chi connectivity index (χ4v) is 3.34. The fourth-order valence-electron chi connectivity index (χ4n) is 3.13. The maximum Gasteiger partial charge on any atom is 0.305 e. The van der Waals surface area contributed by atoms with Gasteiger partial charge in [-0.2, -0.15) is 4.98 Å². The second-order valence-electron chi connectivity index (χ2n) is 7.41. The Labute approximate surface area is 198 Å². The number of anilines is 1. The summed E-state index contributed by atoms with van der Waals surface area (Å²) in [6, 6.07) is 7.39. The van der Waals surface area contributed by atoms with E-state index in [4.69, 9.17) is 25.6 Å². The zero-order valence-corrected chi connectivity index (χ0v) is 19.7. The van der Waals surface area contributed by atoms with E-state index in [0.717, 1.165) is 16.8 Å². The van der Waals surface area contributed by atoms with Crippen LogP contribution in [0.3, 0.4) is 0 Å². The number of ether oxygens (including phenoxy) is 2. The van der Waals surface area contributed by atoms with Gasteiger partial charge in [0.25, 0.3) is 5.89 Å². The van der Waals surface area contributed by atoms with Gasteiger partial charge in [0.1, 0.15) is 5.02 Å². The molecule has 3 rings (SSSR count). The van der Waals surface area contributed by atoms with E-state index in [1.165, 1.54) is 0 Å². The van der Waals surface area contributed by atoms with Gasteiger partial charge in [-0.3, -0.25) is 4.79 Å². The molecule has 0 bridgehead atoms. The molecule has 0 unspecified atom stereocenters. The summed E-state index contributed by atoms with van der Waals surface area (Å²) in [5, 5.41) is 7.82. The molecular formula is C24H27ClN4O4. The van der Waals surface area contributed by atoms with E-state index in [-0.39, 0.29) is 12.1 Å². The molecule has 0 aliphatic rings. The lowest BCUT2D eigenvalue weighted by Crippen LogP contribution is -2.09. The van der Waals surface area contributed by atoms with Gasteiger partial charge in [0.05, 0.1) is 18.3 Å². The Hall–Kier alpha value is -3.39. The summed E-state index contributed by atoms with van der Waals surface area (Å²) in [4.78, 5) is 20.3. The summed E-state index contributed by atoms with van der Waals surface area (Å²) < 4.78 is 16.0. The van der Waals surface area contributed by atoms with Crippen molar-refractivity contribution in [3.05, 3.63) is 47.6 Å². The van der Waals surface area contributed by atoms with Gasteiger partial charge in [0, 0.05) is 36.0 Å². The Morgan fingerprint density at radius 2 is 2.18 bits per heavy atom. The maximum absolute atomic E-state index is 11.5. The molecule has 0 aliphatic heterocycles. The van der Waals surface area contributed by atoms with Crippen LogP contribution in [0.15, 0.2) is 41.6 Å². The minimum absolute atomic E-state index is 0.0424. The third kappa shape index (κ3) is 6.32. The lowest BCUT2D eigenvalue weighted by atomic mass is 10.0. The van der Waals surface area contributed by atoms with E-state index >= 15 is 0 Å². The summed E-state index contributed by atoms with van der Waals surface area (Å²) in [5.41, 5.74) is 3.04. The first-order valence-electron chi connectivity index (χ1n) is 10.7. The third-order valence-electron chi connectivity index (χ3n) is 4.56. The number of hydrogen-bond acceptors (Lipinski definition) is 8. The smallest absolute Gasteiger partial charge is 0.305 e. The van der Waals surface area contributed by atoms with Crippen molar-refractivity contribution in [3.8, 4) is 28.7 Å². The number of carbonyl (C=O) groups is 1. The van der Waals surface area contributed by atoms with Gasteiger partial charge >= 0.3 is 5.97 Å². The number of rotatable bonds is 11. The number of nitrogens with one attached hydrogen (secondary N) is 1. The summed E-state index contributed by atoms with van der Waals surface area (Å²) in [6.07, 6.45) is 4.28. The van der Waals surface area contributed by atoms with Crippen LogP contribution in [0.1, 0.15) is 39.2 Å². The first-order valence-corrected chi connectivity index (χ1v) is 11.1. The molecule has 3 aromatic rings. The highest BCUT2D eigenvalue weighted by Gasteiger charge is 2.17. The largest absolute Gasteiger partial charge is 0.474 e. The van der Waals surface area contributed by atoms with Gasteiger partial charge in [0.15, 0.2) is 0 Å². The zero-order valence-electron chi connectivity index (χ0n) is 18.9. The SMILES string of the molecule is C=Cc1c(NCCCC(=O)OCC)cccc1-c1noc(-c2cnc(OC(C)C)c(Cl)c2)n1. The van der Waals surface area contributed by atoms with Crippen LogP contribution in [0.5, 0.6) is 5.88 Å². The highest BCUT2D eigenvalue weighted by molar-refractivity contribution is 6.32. The molecule has 9 heteroatoms. The number of hydrogen-bond donors (Lipinski definition) is 1. The van der Waals surface area contributed by atoms with Crippen LogP contribution in [0, 0.1) is 0 Å². The van der Waals surface area contributed by atoms with Crippen LogP contribution < -0.4 is 10.1 Å². The highest BCUT2D eigenvalue weighted by atomic mass is 35.5. The standard InChI is InChI=1S/C24H27ClN4O4/c1-5-17-18(9-7-10-20(17)26-12-8-11-21(30)31-6-2)22-28-23(33-29-22)16-13-19(25)24(27-14-16)32-15(3)4/h5,7,9-10,13-15,26H,1,6,8,11-12H2,2-4H3. The predicted octanol–water partition coefficient (Wildman–Crippen LogP) is 5.64. The molecule has 1 aromatic carbocycles. The van der Waals surface area contributed by atoms with E-state index in [1.807, 2.05) is 32.0 Å². The second-order valence-corrected chi connectivity index (χ2v) is 7.81. The number of nitrogens with zero attached hydrogens (tertiary/aromatic N) is 3. The number of pyridine rings is 1. The minimum Gasteiger partial charge on any atom is -0.474 e. The van der Waals surface area contributed by atoms with E-state index in [0.29, 0.717) is 54.2 Å². The summed E-state index contributed by atoms with van der Waals surface area (Å²) in [7, 11) is 0. The van der Waals surface area contributed by atoms with Crippen LogP contribution in [-0.4, -0.2) is 40.3 Å². The Balaban J connectivity index is 1.76. The van der Waals surface area contributed by atoms with Crippen molar-refractivity contribution in [3.63, 3.8) is 0 Å². The molecule has 0 saturated heterocycles. The van der Waals surface area contributed by atoms with Crippen molar-refractivity contribution < 1.29 is 18.8 Å². The number of esters is 1. The molecule has 0 saturated carbocycles. The lowest BCUT2D eigenvalue weighted by Gasteiger charge is -2.12. The van der Waals surface area contributed by atoms with E-state index in [2.05, 4.69) is 27.0 Å². The summed E-state index contributed by atoms with van der Waals surface area (Å²) in [5.74, 6) is 0.854. The first-order chi connectivity index (χ1) is 15.9. The van der Waals surface area contributed by atoms with Crippen LogP contribution in [0.25, 0.3) is 28.9 Å². The third-order valence-corrected chi connectivity index (χ3v) is 4.83. The summed E-state index contributed by atoms with van der Waals surface area (Å²) >= 11 is 6.29. The van der Waals surface area contributed by atoms with E-state index in [1.54, 1.807) is 25.3 Å². The van der Waals surface area contributed by atoms with Gasteiger partial charge in [-0.1, -0.05) is 41.5 Å². The number of carbonyl (C=O) groups excluding carboxylic acids is 1. The number of benzene rings is 1. The van der Waals surface area contributed by atoms with Crippen molar-refractivity contribution in [2.45, 2.75) is 39.7 Å². The molecule has 2 aromatic heterocycles. The van der Waals surface area contributed by atoms with Gasteiger partial charge in [0.2, 0.25) is 11.7 Å².